The molecule has 0 radical (unpaired) electrons. The van der Waals surface area contributed by atoms with Crippen molar-refractivity contribution >= 4 is 5.78 Å². The Hall–Kier alpha value is -1.37. The highest BCUT2D eigenvalue weighted by atomic mass is 16.1. The fourth-order valence-corrected chi connectivity index (χ4v) is 3.48. The van der Waals surface area contributed by atoms with Crippen LogP contribution in [-0.2, 0) is 0 Å². The highest BCUT2D eigenvalue weighted by molar-refractivity contribution is 5.96. The van der Waals surface area contributed by atoms with Gasteiger partial charge in [-0.1, -0.05) is 75.4 Å². The molecular weight excluding hydrogens is 280 g/mol. The van der Waals surface area contributed by atoms with E-state index >= 15 is 0 Å². The molecule has 1 aliphatic rings. The van der Waals surface area contributed by atoms with Crippen LogP contribution < -0.4 is 0 Å². The Balaban J connectivity index is 1.74. The smallest absolute Gasteiger partial charge is 0.163 e. The summed E-state index contributed by atoms with van der Waals surface area (Å²) in [6, 6.07) is 8.45. The summed E-state index contributed by atoms with van der Waals surface area (Å²) in [5.41, 5.74) is 2.31. The van der Waals surface area contributed by atoms with Crippen molar-refractivity contribution in [1.82, 2.24) is 0 Å². The fourth-order valence-electron chi connectivity index (χ4n) is 3.48. The summed E-state index contributed by atoms with van der Waals surface area (Å²) in [4.78, 5) is 12.2. The van der Waals surface area contributed by atoms with Crippen molar-refractivity contribution in [3.05, 3.63) is 47.5 Å². The first kappa shape index (κ1) is 18.0. The Morgan fingerprint density at radius 2 is 1.70 bits per heavy atom. The van der Waals surface area contributed by atoms with Gasteiger partial charge in [-0.05, 0) is 43.6 Å². The van der Waals surface area contributed by atoms with Gasteiger partial charge < -0.3 is 0 Å². The molecule has 2 rings (SSSR count). The summed E-state index contributed by atoms with van der Waals surface area (Å²) in [5, 5.41) is 0. The lowest BCUT2D eigenvalue weighted by Gasteiger charge is -2.22. The minimum absolute atomic E-state index is 0.276. The fraction of sp³-hybridized carbons (Fsp3) is 0.591. The van der Waals surface area contributed by atoms with Gasteiger partial charge in [-0.25, -0.2) is 0 Å². The van der Waals surface area contributed by atoms with E-state index < -0.39 is 0 Å². The molecule has 1 aromatic rings. The number of benzene rings is 1. The number of Topliss-reactive ketones (excluding diaryl/α,β-unsaturated/α-hetero) is 1. The molecule has 1 aromatic carbocycles. The van der Waals surface area contributed by atoms with Gasteiger partial charge in [0.05, 0.1) is 0 Å². The molecule has 0 bridgehead atoms. The topological polar surface area (TPSA) is 17.1 Å². The van der Waals surface area contributed by atoms with E-state index in [4.69, 9.17) is 0 Å². The Morgan fingerprint density at radius 3 is 2.39 bits per heavy atom. The molecule has 0 saturated heterocycles. The normalized spacial score (nSPS) is 16.0. The van der Waals surface area contributed by atoms with Crippen LogP contribution in [-0.4, -0.2) is 5.78 Å². The van der Waals surface area contributed by atoms with Gasteiger partial charge in [-0.3, -0.25) is 4.79 Å². The highest BCUT2D eigenvalue weighted by Crippen LogP contribution is 2.32. The molecule has 1 nitrogen and oxygen atoms in total. The number of unbranched alkanes of at least 4 members (excludes halogenated alkanes) is 3. The number of carbonyl (C=O) groups is 1. The minimum atomic E-state index is 0.276. The highest BCUT2D eigenvalue weighted by Gasteiger charge is 2.15. The molecule has 1 aliphatic carbocycles. The molecule has 0 amide bonds. The summed E-state index contributed by atoms with van der Waals surface area (Å²) in [6.07, 6.45) is 17.6. The number of ketones is 1. The molecule has 0 heterocycles. The Kier molecular flexibility index (Phi) is 8.14. The number of hydrogen-bond acceptors (Lipinski definition) is 1. The minimum Gasteiger partial charge on any atom is -0.294 e. The van der Waals surface area contributed by atoms with Crippen molar-refractivity contribution < 1.29 is 4.79 Å². The molecule has 0 unspecified atom stereocenters. The van der Waals surface area contributed by atoms with Crippen molar-refractivity contribution in [2.45, 2.75) is 83.5 Å². The maximum atomic E-state index is 12.2. The van der Waals surface area contributed by atoms with E-state index in [1.807, 2.05) is 12.1 Å². The van der Waals surface area contributed by atoms with Gasteiger partial charge >= 0.3 is 0 Å². The lowest BCUT2D eigenvalue weighted by molar-refractivity contribution is 0.0983. The van der Waals surface area contributed by atoms with Crippen LogP contribution in [0.1, 0.15) is 99.4 Å². The summed E-state index contributed by atoms with van der Waals surface area (Å²) in [6.45, 7) is 2.22. The third kappa shape index (κ3) is 6.33. The van der Waals surface area contributed by atoms with Crippen LogP contribution in [0.5, 0.6) is 0 Å². The van der Waals surface area contributed by atoms with E-state index in [-0.39, 0.29) is 5.78 Å². The molecule has 0 N–H and O–H groups in total. The zero-order valence-corrected chi connectivity index (χ0v) is 14.7. The van der Waals surface area contributed by atoms with E-state index in [1.54, 1.807) is 0 Å². The number of hydrogen-bond donors (Lipinski definition) is 0. The Bertz CT molecular complexity index is 477. The van der Waals surface area contributed by atoms with Crippen molar-refractivity contribution in [3.8, 4) is 0 Å². The summed E-state index contributed by atoms with van der Waals surface area (Å²) in [7, 11) is 0. The maximum absolute atomic E-state index is 12.2. The number of allylic oxidation sites excluding steroid dienone is 2. The van der Waals surface area contributed by atoms with Gasteiger partial charge in [0, 0.05) is 12.0 Å². The molecule has 23 heavy (non-hydrogen) atoms. The standard InChI is InChI=1S/C22H32O/c1-2-3-4-5-6-7-11-14-22(23)21-17-15-20(16-18-21)19-12-9-8-10-13-19/h6-7,15-19H,2-5,8-14H2,1H3/b7-6+. The second kappa shape index (κ2) is 10.4. The number of carbonyl (C=O) groups excluding carboxylic acids is 1. The third-order valence-electron chi connectivity index (χ3n) is 4.99. The van der Waals surface area contributed by atoms with Crippen LogP contribution in [0.3, 0.4) is 0 Å². The van der Waals surface area contributed by atoms with Crippen molar-refractivity contribution in [2.75, 3.05) is 0 Å². The van der Waals surface area contributed by atoms with E-state index in [2.05, 4.69) is 31.2 Å². The molecule has 0 aliphatic heterocycles. The lowest BCUT2D eigenvalue weighted by Crippen LogP contribution is -2.05. The maximum Gasteiger partial charge on any atom is 0.163 e. The molecule has 0 atom stereocenters. The van der Waals surface area contributed by atoms with Gasteiger partial charge in [0.15, 0.2) is 5.78 Å². The lowest BCUT2D eigenvalue weighted by atomic mass is 9.84. The first-order chi connectivity index (χ1) is 11.3. The monoisotopic (exact) mass is 312 g/mol. The van der Waals surface area contributed by atoms with Gasteiger partial charge in [0.2, 0.25) is 0 Å². The van der Waals surface area contributed by atoms with Gasteiger partial charge in [0.1, 0.15) is 0 Å². The molecule has 1 fully saturated rings. The first-order valence-corrected chi connectivity index (χ1v) is 9.59. The van der Waals surface area contributed by atoms with Crippen molar-refractivity contribution in [1.29, 1.82) is 0 Å². The zero-order valence-electron chi connectivity index (χ0n) is 14.7. The van der Waals surface area contributed by atoms with E-state index in [9.17, 15) is 4.79 Å². The summed E-state index contributed by atoms with van der Waals surface area (Å²) < 4.78 is 0. The van der Waals surface area contributed by atoms with Crippen LogP contribution in [0, 0.1) is 0 Å². The summed E-state index contributed by atoms with van der Waals surface area (Å²) >= 11 is 0. The second-order valence-corrected chi connectivity index (χ2v) is 6.89. The number of rotatable bonds is 9. The van der Waals surface area contributed by atoms with Crippen LogP contribution in [0.15, 0.2) is 36.4 Å². The quantitative estimate of drug-likeness (QED) is 0.277. The molecule has 0 aromatic heterocycles. The van der Waals surface area contributed by atoms with E-state index in [0.29, 0.717) is 6.42 Å². The molecular formula is C22H32O. The molecule has 126 valence electrons. The van der Waals surface area contributed by atoms with Crippen LogP contribution in [0.25, 0.3) is 0 Å². The molecule has 1 saturated carbocycles. The van der Waals surface area contributed by atoms with Crippen molar-refractivity contribution in [3.63, 3.8) is 0 Å². The average molecular weight is 312 g/mol. The van der Waals surface area contributed by atoms with Crippen molar-refractivity contribution in [2.24, 2.45) is 0 Å². The largest absolute Gasteiger partial charge is 0.294 e. The second-order valence-electron chi connectivity index (χ2n) is 6.89. The Morgan fingerprint density at radius 1 is 1.00 bits per heavy atom. The zero-order chi connectivity index (χ0) is 16.3. The predicted molar refractivity (Wildman–Crippen MR) is 99.1 cm³/mol. The molecule has 1 heteroatoms. The van der Waals surface area contributed by atoms with Gasteiger partial charge in [-0.2, -0.15) is 0 Å². The molecule has 0 spiro atoms. The average Bonchev–Trinajstić information content (AvgIpc) is 2.61. The first-order valence-electron chi connectivity index (χ1n) is 9.59. The van der Waals surface area contributed by atoms with Crippen LogP contribution in [0.2, 0.25) is 0 Å². The predicted octanol–water partition coefficient (Wildman–Crippen LogP) is 6.83. The van der Waals surface area contributed by atoms with Gasteiger partial charge in [-0.15, -0.1) is 0 Å². The van der Waals surface area contributed by atoms with Crippen LogP contribution in [0.4, 0.5) is 0 Å². The van der Waals surface area contributed by atoms with Crippen LogP contribution >= 0.6 is 0 Å². The van der Waals surface area contributed by atoms with E-state index in [0.717, 1.165) is 24.3 Å². The van der Waals surface area contributed by atoms with Gasteiger partial charge in [0.25, 0.3) is 0 Å². The SMILES string of the molecule is CCCCC/C=C/CCC(=O)c1ccc(C2CCCCC2)cc1. The third-order valence-corrected chi connectivity index (χ3v) is 4.99. The van der Waals surface area contributed by atoms with E-state index in [1.165, 1.54) is 56.9 Å². The summed E-state index contributed by atoms with van der Waals surface area (Å²) in [5.74, 6) is 0.998. The Labute approximate surface area is 142 Å².